The van der Waals surface area contributed by atoms with Crippen molar-refractivity contribution in [2.24, 2.45) is 4.99 Å². The number of halogens is 3. The number of hydrogen-bond acceptors (Lipinski definition) is 5. The Balaban J connectivity index is 1.58. The lowest BCUT2D eigenvalue weighted by molar-refractivity contribution is -0.115. The predicted octanol–water partition coefficient (Wildman–Crippen LogP) is 7.93. The summed E-state index contributed by atoms with van der Waals surface area (Å²) in [6, 6.07) is 16.7. The fourth-order valence-corrected chi connectivity index (χ4v) is 5.07. The lowest BCUT2D eigenvalue weighted by Crippen LogP contribution is -2.19. The van der Waals surface area contributed by atoms with E-state index in [1.807, 2.05) is 68.4 Å². The molecule has 0 spiro atoms. The third kappa shape index (κ3) is 6.22. The smallest absolute Gasteiger partial charge is 0.264 e. The van der Waals surface area contributed by atoms with Gasteiger partial charge in [-0.15, -0.1) is 0 Å². The zero-order valence-electron chi connectivity index (χ0n) is 18.9. The SMILES string of the molecule is CCOc1cc(/C=C2/SC(=Nc3cccc(Cl)c3C)NC2=O)cc(Br)c1OCc1ccccc1Cl. The molecule has 0 bridgehead atoms. The number of amides is 1. The van der Waals surface area contributed by atoms with E-state index in [1.165, 1.54) is 11.8 Å². The summed E-state index contributed by atoms with van der Waals surface area (Å²) in [4.78, 5) is 17.7. The molecule has 0 atom stereocenters. The number of nitrogens with zero attached hydrogens (tertiary/aromatic N) is 1. The van der Waals surface area contributed by atoms with Crippen molar-refractivity contribution in [3.05, 3.63) is 90.7 Å². The van der Waals surface area contributed by atoms with Gasteiger partial charge in [-0.1, -0.05) is 47.5 Å². The third-order valence-electron chi connectivity index (χ3n) is 5.07. The predicted molar refractivity (Wildman–Crippen MR) is 148 cm³/mol. The van der Waals surface area contributed by atoms with Crippen molar-refractivity contribution in [1.82, 2.24) is 5.32 Å². The maximum atomic E-state index is 12.6. The lowest BCUT2D eigenvalue weighted by atomic mass is 10.1. The molecule has 3 aromatic rings. The number of ether oxygens (including phenoxy) is 2. The van der Waals surface area contributed by atoms with Crippen molar-refractivity contribution in [2.75, 3.05) is 6.61 Å². The van der Waals surface area contributed by atoms with Gasteiger partial charge in [-0.2, -0.15) is 0 Å². The molecule has 1 heterocycles. The maximum absolute atomic E-state index is 12.6. The molecular weight excluding hydrogens is 571 g/mol. The molecule has 0 radical (unpaired) electrons. The van der Waals surface area contributed by atoms with E-state index >= 15 is 0 Å². The summed E-state index contributed by atoms with van der Waals surface area (Å²) in [5.74, 6) is 0.908. The highest BCUT2D eigenvalue weighted by molar-refractivity contribution is 9.10. The van der Waals surface area contributed by atoms with E-state index in [1.54, 1.807) is 6.08 Å². The number of nitrogens with one attached hydrogen (secondary N) is 1. The molecule has 35 heavy (non-hydrogen) atoms. The summed E-state index contributed by atoms with van der Waals surface area (Å²) in [7, 11) is 0. The summed E-state index contributed by atoms with van der Waals surface area (Å²) >= 11 is 17.3. The molecule has 0 unspecified atom stereocenters. The van der Waals surface area contributed by atoms with Crippen LogP contribution in [0.15, 0.2) is 69.0 Å². The molecule has 0 saturated carbocycles. The molecule has 0 aromatic heterocycles. The maximum Gasteiger partial charge on any atom is 0.264 e. The topological polar surface area (TPSA) is 59.9 Å². The minimum absolute atomic E-state index is 0.221. The second kappa shape index (κ2) is 11.5. The normalized spacial score (nSPS) is 15.5. The Morgan fingerprint density at radius 1 is 1.09 bits per heavy atom. The van der Waals surface area contributed by atoms with Crippen molar-refractivity contribution in [1.29, 1.82) is 0 Å². The molecule has 5 nitrogen and oxygen atoms in total. The van der Waals surface area contributed by atoms with Crippen LogP contribution in [0.3, 0.4) is 0 Å². The minimum atomic E-state index is -0.221. The summed E-state index contributed by atoms with van der Waals surface area (Å²) < 4.78 is 12.6. The van der Waals surface area contributed by atoms with E-state index in [-0.39, 0.29) is 5.91 Å². The second-order valence-electron chi connectivity index (χ2n) is 7.51. The summed E-state index contributed by atoms with van der Waals surface area (Å²) in [6.07, 6.45) is 1.79. The monoisotopic (exact) mass is 590 g/mol. The van der Waals surface area contributed by atoms with Crippen LogP contribution in [0.2, 0.25) is 10.0 Å². The molecule has 1 aliphatic rings. The molecular formula is C26H21BrCl2N2O3S. The first-order valence-electron chi connectivity index (χ1n) is 10.7. The van der Waals surface area contributed by atoms with Gasteiger partial charge in [0.15, 0.2) is 16.7 Å². The van der Waals surface area contributed by atoms with Gasteiger partial charge in [-0.3, -0.25) is 4.79 Å². The average Bonchev–Trinajstić information content (AvgIpc) is 3.16. The summed E-state index contributed by atoms with van der Waals surface area (Å²) in [6.45, 7) is 4.54. The van der Waals surface area contributed by atoms with Gasteiger partial charge in [0.1, 0.15) is 6.61 Å². The first-order chi connectivity index (χ1) is 16.9. The van der Waals surface area contributed by atoms with Crippen LogP contribution >= 0.6 is 50.9 Å². The highest BCUT2D eigenvalue weighted by Crippen LogP contribution is 2.39. The Labute approximate surface area is 226 Å². The zero-order valence-corrected chi connectivity index (χ0v) is 22.8. The number of carbonyl (C=O) groups is 1. The number of amidine groups is 1. The van der Waals surface area contributed by atoms with Crippen LogP contribution in [0, 0.1) is 6.92 Å². The van der Waals surface area contributed by atoms with E-state index in [0.29, 0.717) is 55.0 Å². The van der Waals surface area contributed by atoms with Crippen molar-refractivity contribution in [3.63, 3.8) is 0 Å². The number of thioether (sulfide) groups is 1. The van der Waals surface area contributed by atoms with E-state index in [9.17, 15) is 4.79 Å². The molecule has 3 aromatic carbocycles. The van der Waals surface area contributed by atoms with Gasteiger partial charge in [0.25, 0.3) is 5.91 Å². The molecule has 1 N–H and O–H groups in total. The van der Waals surface area contributed by atoms with Gasteiger partial charge in [0, 0.05) is 15.6 Å². The van der Waals surface area contributed by atoms with Crippen LogP contribution in [0.5, 0.6) is 11.5 Å². The fourth-order valence-electron chi connectivity index (χ4n) is 3.30. The zero-order chi connectivity index (χ0) is 24.9. The van der Waals surface area contributed by atoms with E-state index in [0.717, 1.165) is 16.7 Å². The first-order valence-corrected chi connectivity index (χ1v) is 13.1. The van der Waals surface area contributed by atoms with Crippen LogP contribution in [-0.4, -0.2) is 17.7 Å². The van der Waals surface area contributed by atoms with E-state index in [4.69, 9.17) is 32.7 Å². The highest BCUT2D eigenvalue weighted by atomic mass is 79.9. The van der Waals surface area contributed by atoms with Crippen molar-refractivity contribution >= 4 is 73.7 Å². The lowest BCUT2D eigenvalue weighted by Gasteiger charge is -2.15. The second-order valence-corrected chi connectivity index (χ2v) is 10.2. The number of hydrogen-bond donors (Lipinski definition) is 1. The minimum Gasteiger partial charge on any atom is -0.490 e. The molecule has 180 valence electrons. The fraction of sp³-hybridized carbons (Fsp3) is 0.154. The van der Waals surface area contributed by atoms with Crippen LogP contribution < -0.4 is 14.8 Å². The van der Waals surface area contributed by atoms with Crippen molar-refractivity contribution in [2.45, 2.75) is 20.5 Å². The standard InChI is InChI=1S/C26H21BrCl2N2O3S/c1-3-33-22-12-16(11-18(27)24(22)34-14-17-7-4-5-8-20(17)29)13-23-25(32)31-26(35-23)30-21-10-6-9-19(28)15(21)2/h4-13H,3,14H2,1-2H3,(H,30,31,32)/b23-13+. The highest BCUT2D eigenvalue weighted by Gasteiger charge is 2.24. The molecule has 1 fully saturated rings. The molecule has 9 heteroatoms. The molecule has 1 aliphatic heterocycles. The molecule has 1 amide bonds. The number of aliphatic imine (C=N–C) groups is 1. The van der Waals surface area contributed by atoms with Crippen LogP contribution in [0.25, 0.3) is 6.08 Å². The average molecular weight is 592 g/mol. The Morgan fingerprint density at radius 2 is 1.86 bits per heavy atom. The Kier molecular flexibility index (Phi) is 8.44. The summed E-state index contributed by atoms with van der Waals surface area (Å²) in [5.41, 5.74) is 3.22. The van der Waals surface area contributed by atoms with Gasteiger partial charge in [-0.05, 0) is 89.1 Å². The number of rotatable bonds is 7. The molecule has 0 aliphatic carbocycles. The Bertz CT molecular complexity index is 1340. The molecule has 1 saturated heterocycles. The molecule has 4 rings (SSSR count). The van der Waals surface area contributed by atoms with Crippen molar-refractivity contribution in [3.8, 4) is 11.5 Å². The van der Waals surface area contributed by atoms with Gasteiger partial charge in [-0.25, -0.2) is 4.99 Å². The van der Waals surface area contributed by atoms with Gasteiger partial charge in [0.05, 0.1) is 21.7 Å². The number of carbonyl (C=O) groups excluding carboxylic acids is 1. The first kappa shape index (κ1) is 25.6. The number of benzene rings is 3. The van der Waals surface area contributed by atoms with E-state index < -0.39 is 0 Å². The Morgan fingerprint density at radius 3 is 2.63 bits per heavy atom. The van der Waals surface area contributed by atoms with Crippen LogP contribution in [0.4, 0.5) is 5.69 Å². The third-order valence-corrected chi connectivity index (χ3v) is 7.35. The van der Waals surface area contributed by atoms with Gasteiger partial charge < -0.3 is 14.8 Å². The largest absolute Gasteiger partial charge is 0.490 e. The summed E-state index contributed by atoms with van der Waals surface area (Å²) in [5, 5.41) is 4.57. The van der Waals surface area contributed by atoms with Crippen LogP contribution in [-0.2, 0) is 11.4 Å². The van der Waals surface area contributed by atoms with Gasteiger partial charge >= 0.3 is 0 Å². The Hall–Kier alpha value is -2.45. The van der Waals surface area contributed by atoms with Crippen molar-refractivity contribution < 1.29 is 14.3 Å². The van der Waals surface area contributed by atoms with Crippen LogP contribution in [0.1, 0.15) is 23.6 Å². The van der Waals surface area contributed by atoms with Gasteiger partial charge in [0.2, 0.25) is 0 Å². The quantitative estimate of drug-likeness (QED) is 0.283. The van der Waals surface area contributed by atoms with E-state index in [2.05, 4.69) is 26.2 Å².